The molecule has 0 unspecified atom stereocenters. The van der Waals surface area contributed by atoms with E-state index in [0.29, 0.717) is 13.2 Å². The molecule has 0 aliphatic carbocycles. The minimum absolute atomic E-state index is 0.0154. The number of Topliss-reactive ketones (excluding diaryl/α,β-unsaturated/α-hetero) is 1. The monoisotopic (exact) mass is 254 g/mol. The van der Waals surface area contributed by atoms with Crippen LogP contribution in [-0.2, 0) is 18.3 Å². The van der Waals surface area contributed by atoms with Crippen LogP contribution in [0.15, 0.2) is 15.8 Å². The highest BCUT2D eigenvalue weighted by atomic mass is 16.5. The lowest BCUT2D eigenvalue weighted by Crippen LogP contribution is -2.40. The first-order valence-electron chi connectivity index (χ1n) is 5.77. The lowest BCUT2D eigenvalue weighted by molar-refractivity contribution is 0.0717. The van der Waals surface area contributed by atoms with Gasteiger partial charge in [0.25, 0.3) is 5.56 Å². The highest BCUT2D eigenvalue weighted by Gasteiger charge is 2.12. The maximum absolute atomic E-state index is 11.8. The first-order chi connectivity index (χ1) is 8.34. The molecule has 0 saturated heterocycles. The molecule has 6 nitrogen and oxygen atoms in total. The van der Waals surface area contributed by atoms with Crippen LogP contribution < -0.4 is 11.2 Å². The predicted octanol–water partition coefficient (Wildman–Crippen LogP) is 0.175. The van der Waals surface area contributed by atoms with Gasteiger partial charge in [-0.2, -0.15) is 0 Å². The number of rotatable bonds is 5. The summed E-state index contributed by atoms with van der Waals surface area (Å²) in [5.41, 5.74) is -0.993. The molecule has 0 aliphatic rings. The third kappa shape index (κ3) is 3.16. The molecule has 1 aromatic rings. The summed E-state index contributed by atoms with van der Waals surface area (Å²) < 4.78 is 7.60. The average Bonchev–Trinajstić information content (AvgIpc) is 2.28. The number of carbonyl (C=O) groups is 1. The lowest BCUT2D eigenvalue weighted by Gasteiger charge is -2.11. The molecule has 0 saturated carbocycles. The Kier molecular flexibility index (Phi) is 4.61. The Morgan fingerprint density at radius 2 is 2.00 bits per heavy atom. The fraction of sp³-hybridized carbons (Fsp3) is 0.583. The molecular formula is C12H18N2O4. The zero-order valence-corrected chi connectivity index (χ0v) is 11.1. The van der Waals surface area contributed by atoms with Gasteiger partial charge in [-0.25, -0.2) is 4.79 Å². The van der Waals surface area contributed by atoms with Crippen LogP contribution in [0.4, 0.5) is 0 Å². The summed E-state index contributed by atoms with van der Waals surface area (Å²) in [4.78, 5) is 34.8. The minimum atomic E-state index is -0.562. The summed E-state index contributed by atoms with van der Waals surface area (Å²) in [5.74, 6) is -0.353. The van der Waals surface area contributed by atoms with Crippen LogP contribution in [0, 0.1) is 0 Å². The lowest BCUT2D eigenvalue weighted by atomic mass is 10.2. The van der Waals surface area contributed by atoms with E-state index in [1.54, 1.807) is 0 Å². The first-order valence-corrected chi connectivity index (χ1v) is 5.77. The quantitative estimate of drug-likeness (QED) is 0.702. The van der Waals surface area contributed by atoms with E-state index in [1.165, 1.54) is 24.7 Å². The summed E-state index contributed by atoms with van der Waals surface area (Å²) in [7, 11) is 1.36. The molecule has 0 aromatic carbocycles. The van der Waals surface area contributed by atoms with Crippen molar-refractivity contribution in [1.82, 2.24) is 9.13 Å². The van der Waals surface area contributed by atoms with Gasteiger partial charge in [-0.1, -0.05) is 0 Å². The van der Waals surface area contributed by atoms with Gasteiger partial charge in [0, 0.05) is 13.2 Å². The second-order valence-electron chi connectivity index (χ2n) is 4.36. The molecule has 1 rings (SSSR count). The summed E-state index contributed by atoms with van der Waals surface area (Å²) in [5, 5.41) is 0. The predicted molar refractivity (Wildman–Crippen MR) is 67.0 cm³/mol. The van der Waals surface area contributed by atoms with Crippen molar-refractivity contribution in [3.05, 3.63) is 32.6 Å². The molecule has 0 fully saturated rings. The third-order valence-electron chi connectivity index (χ3n) is 2.52. The van der Waals surface area contributed by atoms with Gasteiger partial charge in [0.15, 0.2) is 5.78 Å². The average molecular weight is 254 g/mol. The standard InChI is InChI=1S/C12H18N2O4/c1-8(2)18-6-5-14-7-10(9(3)15)11(16)13(4)12(14)17/h7-8H,5-6H2,1-4H3. The van der Waals surface area contributed by atoms with E-state index in [2.05, 4.69) is 0 Å². The number of nitrogens with zero attached hydrogens (tertiary/aromatic N) is 2. The molecule has 0 amide bonds. The Morgan fingerprint density at radius 1 is 1.39 bits per heavy atom. The van der Waals surface area contributed by atoms with Crippen LogP contribution in [0.2, 0.25) is 0 Å². The van der Waals surface area contributed by atoms with E-state index < -0.39 is 11.2 Å². The minimum Gasteiger partial charge on any atom is -0.377 e. The first kappa shape index (κ1) is 14.4. The van der Waals surface area contributed by atoms with Crippen LogP contribution in [0.1, 0.15) is 31.1 Å². The van der Waals surface area contributed by atoms with Crippen molar-refractivity contribution in [2.24, 2.45) is 7.05 Å². The van der Waals surface area contributed by atoms with Crippen LogP contribution >= 0.6 is 0 Å². The van der Waals surface area contributed by atoms with Gasteiger partial charge >= 0.3 is 5.69 Å². The molecule has 0 radical (unpaired) electrons. The Hall–Kier alpha value is -1.69. The number of carbonyl (C=O) groups excluding carboxylic acids is 1. The maximum atomic E-state index is 11.8. The van der Waals surface area contributed by atoms with Gasteiger partial charge in [-0.15, -0.1) is 0 Å². The zero-order valence-electron chi connectivity index (χ0n) is 11.1. The van der Waals surface area contributed by atoms with Gasteiger partial charge in [-0.3, -0.25) is 18.7 Å². The normalized spacial score (nSPS) is 10.9. The highest BCUT2D eigenvalue weighted by molar-refractivity contribution is 5.93. The SMILES string of the molecule is CC(=O)c1cn(CCOC(C)C)c(=O)n(C)c1=O. The van der Waals surface area contributed by atoms with Crippen molar-refractivity contribution in [3.8, 4) is 0 Å². The van der Waals surface area contributed by atoms with E-state index >= 15 is 0 Å². The molecule has 0 N–H and O–H groups in total. The van der Waals surface area contributed by atoms with Gasteiger partial charge in [0.1, 0.15) is 0 Å². The van der Waals surface area contributed by atoms with Crippen molar-refractivity contribution in [1.29, 1.82) is 0 Å². The van der Waals surface area contributed by atoms with Crippen molar-refractivity contribution in [2.75, 3.05) is 6.61 Å². The van der Waals surface area contributed by atoms with E-state index in [-0.39, 0.29) is 17.5 Å². The summed E-state index contributed by atoms with van der Waals surface area (Å²) >= 11 is 0. The van der Waals surface area contributed by atoms with Crippen molar-refractivity contribution >= 4 is 5.78 Å². The summed E-state index contributed by atoms with van der Waals surface area (Å²) in [6, 6.07) is 0. The molecule has 18 heavy (non-hydrogen) atoms. The number of aromatic nitrogens is 2. The van der Waals surface area contributed by atoms with E-state index in [9.17, 15) is 14.4 Å². The smallest absolute Gasteiger partial charge is 0.330 e. The molecule has 1 aromatic heterocycles. The third-order valence-corrected chi connectivity index (χ3v) is 2.52. The fourth-order valence-electron chi connectivity index (χ4n) is 1.51. The van der Waals surface area contributed by atoms with E-state index in [1.807, 2.05) is 13.8 Å². The Balaban J connectivity index is 3.09. The van der Waals surface area contributed by atoms with Gasteiger partial charge in [0.2, 0.25) is 0 Å². The van der Waals surface area contributed by atoms with Gasteiger partial charge < -0.3 is 4.74 Å². The van der Waals surface area contributed by atoms with Gasteiger partial charge in [0.05, 0.1) is 24.8 Å². The van der Waals surface area contributed by atoms with Crippen LogP contribution in [0.3, 0.4) is 0 Å². The summed E-state index contributed by atoms with van der Waals surface area (Å²) in [6.45, 7) is 5.75. The highest BCUT2D eigenvalue weighted by Crippen LogP contribution is 1.93. The maximum Gasteiger partial charge on any atom is 0.330 e. The van der Waals surface area contributed by atoms with E-state index in [4.69, 9.17) is 4.74 Å². The van der Waals surface area contributed by atoms with Crippen molar-refractivity contribution < 1.29 is 9.53 Å². The molecule has 0 atom stereocenters. The van der Waals surface area contributed by atoms with Crippen LogP contribution in [0.5, 0.6) is 0 Å². The number of ketones is 1. The molecule has 1 heterocycles. The number of hydrogen-bond acceptors (Lipinski definition) is 4. The van der Waals surface area contributed by atoms with Crippen molar-refractivity contribution in [3.63, 3.8) is 0 Å². The summed E-state index contributed by atoms with van der Waals surface area (Å²) in [6.07, 6.45) is 1.37. The molecule has 6 heteroatoms. The second-order valence-corrected chi connectivity index (χ2v) is 4.36. The molecule has 0 aliphatic heterocycles. The topological polar surface area (TPSA) is 70.3 Å². The van der Waals surface area contributed by atoms with E-state index in [0.717, 1.165) is 4.57 Å². The fourth-order valence-corrected chi connectivity index (χ4v) is 1.51. The van der Waals surface area contributed by atoms with Crippen molar-refractivity contribution in [2.45, 2.75) is 33.4 Å². The second kappa shape index (κ2) is 5.77. The number of ether oxygens (including phenoxy) is 1. The zero-order chi connectivity index (χ0) is 13.9. The Bertz CT molecular complexity index is 554. The van der Waals surface area contributed by atoms with Gasteiger partial charge in [-0.05, 0) is 20.8 Å². The van der Waals surface area contributed by atoms with Crippen LogP contribution in [-0.4, -0.2) is 27.6 Å². The molecule has 100 valence electrons. The largest absolute Gasteiger partial charge is 0.377 e. The number of hydrogen-bond donors (Lipinski definition) is 0. The van der Waals surface area contributed by atoms with Crippen LogP contribution in [0.25, 0.3) is 0 Å². The molecular weight excluding hydrogens is 236 g/mol. The Morgan fingerprint density at radius 3 is 2.50 bits per heavy atom. The molecule has 0 bridgehead atoms. The molecule has 0 spiro atoms. The Labute approximate surface area is 105 Å².